The molecule has 0 aliphatic heterocycles. The SMILES string of the molecule is C=C/C=C(\C=C/C)C(=O)OC(=O)c1ccccc1. The Kier molecular flexibility index (Phi) is 5.32. The quantitative estimate of drug-likeness (QED) is 0.353. The van der Waals surface area contributed by atoms with E-state index >= 15 is 0 Å². The van der Waals surface area contributed by atoms with Crippen molar-refractivity contribution < 1.29 is 14.3 Å². The first-order valence-electron chi connectivity index (χ1n) is 5.46. The molecule has 3 nitrogen and oxygen atoms in total. The van der Waals surface area contributed by atoms with Crippen LogP contribution in [0, 0.1) is 0 Å². The van der Waals surface area contributed by atoms with Crippen molar-refractivity contribution in [1.29, 1.82) is 0 Å². The van der Waals surface area contributed by atoms with Gasteiger partial charge in [0, 0.05) is 0 Å². The molecule has 0 atom stereocenters. The Morgan fingerprint density at radius 2 is 1.89 bits per heavy atom. The van der Waals surface area contributed by atoms with Crippen LogP contribution in [0.15, 0.2) is 66.8 Å². The third-order valence-electron chi connectivity index (χ3n) is 2.07. The summed E-state index contributed by atoms with van der Waals surface area (Å²) in [6.45, 7) is 5.27. The van der Waals surface area contributed by atoms with Crippen molar-refractivity contribution in [2.75, 3.05) is 0 Å². The van der Waals surface area contributed by atoms with Crippen LogP contribution in [0.4, 0.5) is 0 Å². The Bertz CT molecular complexity index is 496. The molecule has 0 radical (unpaired) electrons. The number of carbonyl (C=O) groups excluding carboxylic acids is 2. The second kappa shape index (κ2) is 7.01. The minimum Gasteiger partial charge on any atom is -0.386 e. The first kappa shape index (κ1) is 13.6. The molecule has 0 amide bonds. The van der Waals surface area contributed by atoms with Gasteiger partial charge in [0.15, 0.2) is 0 Å². The summed E-state index contributed by atoms with van der Waals surface area (Å²) in [5, 5.41) is 0. The van der Waals surface area contributed by atoms with Crippen LogP contribution in [0.5, 0.6) is 0 Å². The highest BCUT2D eigenvalue weighted by Crippen LogP contribution is 2.06. The van der Waals surface area contributed by atoms with E-state index < -0.39 is 11.9 Å². The average molecular weight is 242 g/mol. The molecule has 0 aromatic heterocycles. The van der Waals surface area contributed by atoms with Crippen LogP contribution in [0.1, 0.15) is 17.3 Å². The first-order chi connectivity index (χ1) is 8.69. The van der Waals surface area contributed by atoms with Crippen molar-refractivity contribution in [3.8, 4) is 0 Å². The first-order valence-corrected chi connectivity index (χ1v) is 5.46. The maximum absolute atomic E-state index is 11.7. The van der Waals surface area contributed by atoms with Gasteiger partial charge in [-0.05, 0) is 25.1 Å². The molecule has 0 fully saturated rings. The highest BCUT2D eigenvalue weighted by Gasteiger charge is 2.14. The number of rotatable bonds is 4. The van der Waals surface area contributed by atoms with Crippen molar-refractivity contribution in [2.24, 2.45) is 0 Å². The lowest BCUT2D eigenvalue weighted by Gasteiger charge is -2.03. The predicted molar refractivity (Wildman–Crippen MR) is 70.0 cm³/mol. The van der Waals surface area contributed by atoms with E-state index in [9.17, 15) is 9.59 Å². The van der Waals surface area contributed by atoms with E-state index in [0.29, 0.717) is 5.56 Å². The largest absolute Gasteiger partial charge is 0.386 e. The van der Waals surface area contributed by atoms with Crippen LogP contribution in [-0.4, -0.2) is 11.9 Å². The van der Waals surface area contributed by atoms with E-state index in [2.05, 4.69) is 6.58 Å². The van der Waals surface area contributed by atoms with E-state index in [1.807, 2.05) is 0 Å². The van der Waals surface area contributed by atoms with E-state index in [-0.39, 0.29) is 5.57 Å². The second-order valence-corrected chi connectivity index (χ2v) is 3.40. The van der Waals surface area contributed by atoms with Gasteiger partial charge in [0.05, 0.1) is 11.1 Å². The summed E-state index contributed by atoms with van der Waals surface area (Å²) < 4.78 is 4.76. The van der Waals surface area contributed by atoms with Crippen molar-refractivity contribution in [2.45, 2.75) is 6.92 Å². The molecule has 3 heteroatoms. The summed E-state index contributed by atoms with van der Waals surface area (Å²) >= 11 is 0. The van der Waals surface area contributed by atoms with Gasteiger partial charge in [-0.3, -0.25) is 0 Å². The summed E-state index contributed by atoms with van der Waals surface area (Å²) in [5.41, 5.74) is 0.612. The van der Waals surface area contributed by atoms with Gasteiger partial charge in [0.1, 0.15) is 0 Å². The van der Waals surface area contributed by atoms with Crippen molar-refractivity contribution in [3.05, 3.63) is 72.4 Å². The Balaban J connectivity index is 2.79. The Labute approximate surface area is 106 Å². The lowest BCUT2D eigenvalue weighted by atomic mass is 10.2. The zero-order valence-electron chi connectivity index (χ0n) is 10.1. The number of benzene rings is 1. The fourth-order valence-corrected chi connectivity index (χ4v) is 1.27. The van der Waals surface area contributed by atoms with E-state index in [0.717, 1.165) is 0 Å². The summed E-state index contributed by atoms with van der Waals surface area (Å²) in [6.07, 6.45) is 6.19. The van der Waals surface area contributed by atoms with Crippen LogP contribution in [-0.2, 0) is 9.53 Å². The molecule has 1 aromatic carbocycles. The minimum atomic E-state index is -0.693. The fraction of sp³-hybridized carbons (Fsp3) is 0.0667. The molecule has 92 valence electrons. The number of hydrogen-bond donors (Lipinski definition) is 0. The van der Waals surface area contributed by atoms with Gasteiger partial charge in [0.25, 0.3) is 0 Å². The molecular formula is C15H14O3. The number of carbonyl (C=O) groups is 2. The highest BCUT2D eigenvalue weighted by molar-refractivity contribution is 6.03. The molecule has 0 saturated carbocycles. The zero-order chi connectivity index (χ0) is 13.4. The van der Waals surface area contributed by atoms with Gasteiger partial charge in [-0.15, -0.1) is 0 Å². The van der Waals surface area contributed by atoms with Gasteiger partial charge < -0.3 is 4.74 Å². The van der Waals surface area contributed by atoms with Crippen LogP contribution in [0.25, 0.3) is 0 Å². The molecule has 0 aliphatic rings. The van der Waals surface area contributed by atoms with E-state index in [1.54, 1.807) is 49.4 Å². The molecule has 0 aliphatic carbocycles. The number of hydrogen-bond acceptors (Lipinski definition) is 3. The third-order valence-corrected chi connectivity index (χ3v) is 2.07. The maximum atomic E-state index is 11.7. The molecule has 1 rings (SSSR count). The Morgan fingerprint density at radius 3 is 2.44 bits per heavy atom. The summed E-state index contributed by atoms with van der Waals surface area (Å²) in [5.74, 6) is -1.36. The summed E-state index contributed by atoms with van der Waals surface area (Å²) in [7, 11) is 0. The topological polar surface area (TPSA) is 43.4 Å². The number of ether oxygens (including phenoxy) is 1. The predicted octanol–water partition coefficient (Wildman–Crippen LogP) is 3.06. The van der Waals surface area contributed by atoms with Crippen LogP contribution in [0.2, 0.25) is 0 Å². The van der Waals surface area contributed by atoms with Crippen molar-refractivity contribution in [1.82, 2.24) is 0 Å². The van der Waals surface area contributed by atoms with Gasteiger partial charge in [-0.25, -0.2) is 9.59 Å². The van der Waals surface area contributed by atoms with Crippen LogP contribution >= 0.6 is 0 Å². The van der Waals surface area contributed by atoms with E-state index in [1.165, 1.54) is 12.2 Å². The minimum absolute atomic E-state index is 0.275. The molecule has 1 aromatic rings. The smallest absolute Gasteiger partial charge is 0.346 e. The van der Waals surface area contributed by atoms with Gasteiger partial charge >= 0.3 is 11.9 Å². The monoisotopic (exact) mass is 242 g/mol. The van der Waals surface area contributed by atoms with E-state index in [4.69, 9.17) is 4.74 Å². The number of esters is 2. The van der Waals surface area contributed by atoms with Crippen LogP contribution in [0.3, 0.4) is 0 Å². The molecule has 0 saturated heterocycles. The highest BCUT2D eigenvalue weighted by atomic mass is 16.6. The van der Waals surface area contributed by atoms with Crippen LogP contribution < -0.4 is 0 Å². The molecule has 0 heterocycles. The van der Waals surface area contributed by atoms with Crippen molar-refractivity contribution >= 4 is 11.9 Å². The van der Waals surface area contributed by atoms with Crippen molar-refractivity contribution in [3.63, 3.8) is 0 Å². The van der Waals surface area contributed by atoms with Gasteiger partial charge in [-0.2, -0.15) is 0 Å². The Morgan fingerprint density at radius 1 is 1.22 bits per heavy atom. The normalized spacial score (nSPS) is 11.3. The lowest BCUT2D eigenvalue weighted by Crippen LogP contribution is -2.13. The number of allylic oxidation sites excluding steroid dienone is 3. The standard InChI is InChI=1S/C15H14O3/c1-3-8-12(9-4-2)14(16)18-15(17)13-10-6-5-7-11-13/h3-11H,1H2,2H3/b9-4-,12-8+. The van der Waals surface area contributed by atoms with Gasteiger partial charge in [0.2, 0.25) is 0 Å². The summed E-state index contributed by atoms with van der Waals surface area (Å²) in [6, 6.07) is 8.35. The lowest BCUT2D eigenvalue weighted by molar-refractivity contribution is -0.133. The molecule has 0 N–H and O–H groups in total. The molecule has 0 unspecified atom stereocenters. The summed E-state index contributed by atoms with van der Waals surface area (Å²) in [4.78, 5) is 23.3. The van der Waals surface area contributed by atoms with Gasteiger partial charge in [-0.1, -0.05) is 43.0 Å². The molecular weight excluding hydrogens is 228 g/mol. The maximum Gasteiger partial charge on any atom is 0.346 e. The third kappa shape index (κ3) is 3.87. The average Bonchev–Trinajstić information content (AvgIpc) is 2.39. The molecule has 0 bridgehead atoms. The molecule has 0 spiro atoms. The zero-order valence-corrected chi connectivity index (χ0v) is 10.1. The fourth-order valence-electron chi connectivity index (χ4n) is 1.27. The molecule has 18 heavy (non-hydrogen) atoms. The Hall–Kier alpha value is -2.42. The second-order valence-electron chi connectivity index (χ2n) is 3.40.